The summed E-state index contributed by atoms with van der Waals surface area (Å²) in [4.78, 5) is 26.0. The van der Waals surface area contributed by atoms with Crippen LogP contribution < -0.4 is 10.2 Å². The molecule has 0 bridgehead atoms. The minimum Gasteiger partial charge on any atom is -0.339 e. The summed E-state index contributed by atoms with van der Waals surface area (Å²) in [5.41, 5.74) is 0.908. The molecule has 0 spiro atoms. The largest absolute Gasteiger partial charge is 0.339 e. The van der Waals surface area contributed by atoms with Gasteiger partial charge in [0, 0.05) is 17.8 Å². The number of nitrogens with zero attached hydrogens (tertiary/aromatic N) is 2. The molecule has 1 aliphatic heterocycles. The van der Waals surface area contributed by atoms with Crippen LogP contribution >= 0.6 is 23.2 Å². The highest BCUT2D eigenvalue weighted by molar-refractivity contribution is 6.36. The molecule has 2 N–H and O–H groups in total. The molecule has 2 amide bonds. The van der Waals surface area contributed by atoms with Gasteiger partial charge in [0.2, 0.25) is 5.91 Å². The van der Waals surface area contributed by atoms with E-state index < -0.39 is 6.04 Å². The molecule has 0 radical (unpaired) electrons. The summed E-state index contributed by atoms with van der Waals surface area (Å²) in [5, 5.41) is 9.87. The van der Waals surface area contributed by atoms with Crippen LogP contribution in [0, 0.1) is 0 Å². The normalized spacial score (nSPS) is 17.8. The first kappa shape index (κ1) is 14.9. The minimum atomic E-state index is -0.581. The van der Waals surface area contributed by atoms with Gasteiger partial charge in [-0.15, -0.1) is 0 Å². The van der Waals surface area contributed by atoms with Gasteiger partial charge in [-0.25, -0.2) is 0 Å². The number of carbonyl (C=O) groups is 2. The van der Waals surface area contributed by atoms with Gasteiger partial charge >= 0.3 is 0 Å². The van der Waals surface area contributed by atoms with Crippen molar-refractivity contribution in [1.29, 1.82) is 0 Å². The standard InChI is InChI=1S/C14H12Cl2N4O2/c15-8-1-2-12(9(16)7-8)20-6-4-11(14(20)22)18-13(21)10-3-5-17-19-10/h1-3,5,7,11H,4,6H2,(H,17,19)(H,18,21). The van der Waals surface area contributed by atoms with E-state index in [-0.39, 0.29) is 11.8 Å². The molecule has 8 heteroatoms. The van der Waals surface area contributed by atoms with Crippen LogP contribution in [-0.2, 0) is 4.79 Å². The minimum absolute atomic E-state index is 0.197. The molecule has 6 nitrogen and oxygen atoms in total. The lowest BCUT2D eigenvalue weighted by molar-refractivity contribution is -0.118. The summed E-state index contributed by atoms with van der Waals surface area (Å²) < 4.78 is 0. The summed E-state index contributed by atoms with van der Waals surface area (Å²) in [7, 11) is 0. The molecule has 2 aromatic rings. The third kappa shape index (κ3) is 2.80. The quantitative estimate of drug-likeness (QED) is 0.900. The van der Waals surface area contributed by atoms with E-state index in [1.54, 1.807) is 29.2 Å². The molecule has 1 unspecified atom stereocenters. The van der Waals surface area contributed by atoms with Crippen LogP contribution in [0.2, 0.25) is 10.0 Å². The van der Waals surface area contributed by atoms with E-state index in [2.05, 4.69) is 15.5 Å². The molecule has 0 saturated carbocycles. The van der Waals surface area contributed by atoms with E-state index in [0.717, 1.165) is 0 Å². The number of hydrogen-bond donors (Lipinski definition) is 2. The maximum atomic E-state index is 12.4. The number of nitrogens with one attached hydrogen (secondary N) is 2. The topological polar surface area (TPSA) is 78.1 Å². The van der Waals surface area contributed by atoms with E-state index in [1.165, 1.54) is 6.20 Å². The van der Waals surface area contributed by atoms with Crippen LogP contribution in [0.25, 0.3) is 0 Å². The number of rotatable bonds is 3. The van der Waals surface area contributed by atoms with Gasteiger partial charge in [-0.3, -0.25) is 14.7 Å². The number of halogens is 2. The van der Waals surface area contributed by atoms with E-state index in [1.807, 2.05) is 0 Å². The Bertz CT molecular complexity index is 718. The Balaban J connectivity index is 1.73. The van der Waals surface area contributed by atoms with Crippen molar-refractivity contribution in [3.05, 3.63) is 46.2 Å². The molecule has 0 aliphatic carbocycles. The predicted molar refractivity (Wildman–Crippen MR) is 83.3 cm³/mol. The highest BCUT2D eigenvalue weighted by Gasteiger charge is 2.34. The number of benzene rings is 1. The number of anilines is 1. The zero-order chi connectivity index (χ0) is 15.7. The predicted octanol–water partition coefficient (Wildman–Crippen LogP) is 2.25. The van der Waals surface area contributed by atoms with Crippen molar-refractivity contribution in [2.75, 3.05) is 11.4 Å². The average molecular weight is 339 g/mol. The second-order valence-corrected chi connectivity index (χ2v) is 5.71. The van der Waals surface area contributed by atoms with Gasteiger partial charge in [0.15, 0.2) is 0 Å². The lowest BCUT2D eigenvalue weighted by Gasteiger charge is -2.18. The van der Waals surface area contributed by atoms with E-state index in [4.69, 9.17) is 23.2 Å². The first-order valence-electron chi connectivity index (χ1n) is 6.63. The number of amides is 2. The van der Waals surface area contributed by atoms with Gasteiger partial charge in [0.05, 0.1) is 10.7 Å². The molecule has 2 heterocycles. The van der Waals surface area contributed by atoms with E-state index in [0.29, 0.717) is 34.4 Å². The molecule has 1 atom stereocenters. The molecule has 1 saturated heterocycles. The van der Waals surface area contributed by atoms with Gasteiger partial charge in [-0.2, -0.15) is 5.10 Å². The van der Waals surface area contributed by atoms with E-state index in [9.17, 15) is 9.59 Å². The lowest BCUT2D eigenvalue weighted by atomic mass is 10.2. The first-order valence-corrected chi connectivity index (χ1v) is 7.38. The second-order valence-electron chi connectivity index (χ2n) is 4.87. The highest BCUT2D eigenvalue weighted by Crippen LogP contribution is 2.31. The van der Waals surface area contributed by atoms with Crippen LogP contribution in [-0.4, -0.2) is 34.6 Å². The van der Waals surface area contributed by atoms with Gasteiger partial charge in [-0.05, 0) is 30.7 Å². The molecule has 1 fully saturated rings. The van der Waals surface area contributed by atoms with Gasteiger partial charge < -0.3 is 10.2 Å². The van der Waals surface area contributed by atoms with Crippen LogP contribution in [0.4, 0.5) is 5.69 Å². The number of carbonyl (C=O) groups excluding carboxylic acids is 2. The SMILES string of the molecule is O=C(NC1CCN(c2ccc(Cl)cc2Cl)C1=O)c1ccn[nH]1. The van der Waals surface area contributed by atoms with Crippen molar-refractivity contribution < 1.29 is 9.59 Å². The summed E-state index contributed by atoms with van der Waals surface area (Å²) in [6.45, 7) is 0.480. The average Bonchev–Trinajstić information content (AvgIpc) is 3.11. The van der Waals surface area contributed by atoms with Crippen LogP contribution in [0.15, 0.2) is 30.5 Å². The monoisotopic (exact) mass is 338 g/mol. The van der Waals surface area contributed by atoms with Crippen molar-refractivity contribution >= 4 is 40.7 Å². The molecule has 1 aliphatic rings. The Morgan fingerprint density at radius 3 is 2.86 bits per heavy atom. The molecule has 114 valence electrons. The second kappa shape index (κ2) is 5.98. The molecule has 1 aromatic heterocycles. The van der Waals surface area contributed by atoms with Crippen molar-refractivity contribution in [1.82, 2.24) is 15.5 Å². The van der Waals surface area contributed by atoms with Crippen LogP contribution in [0.1, 0.15) is 16.9 Å². The zero-order valence-electron chi connectivity index (χ0n) is 11.3. The fourth-order valence-electron chi connectivity index (χ4n) is 2.37. The first-order chi connectivity index (χ1) is 10.6. The number of aromatic nitrogens is 2. The Kier molecular flexibility index (Phi) is 4.04. The Morgan fingerprint density at radius 1 is 1.36 bits per heavy atom. The smallest absolute Gasteiger partial charge is 0.269 e. The lowest BCUT2D eigenvalue weighted by Crippen LogP contribution is -2.41. The molecule has 1 aromatic carbocycles. The van der Waals surface area contributed by atoms with Crippen molar-refractivity contribution in [2.45, 2.75) is 12.5 Å². The number of H-pyrrole nitrogens is 1. The third-order valence-electron chi connectivity index (χ3n) is 3.46. The molecule has 3 rings (SSSR count). The number of hydrogen-bond acceptors (Lipinski definition) is 3. The Morgan fingerprint density at radius 2 is 2.18 bits per heavy atom. The maximum Gasteiger partial charge on any atom is 0.269 e. The fourth-order valence-corrected chi connectivity index (χ4v) is 2.88. The van der Waals surface area contributed by atoms with Crippen LogP contribution in [0.5, 0.6) is 0 Å². The van der Waals surface area contributed by atoms with Gasteiger partial charge in [0.25, 0.3) is 5.91 Å². The van der Waals surface area contributed by atoms with E-state index >= 15 is 0 Å². The highest BCUT2D eigenvalue weighted by atomic mass is 35.5. The summed E-state index contributed by atoms with van der Waals surface area (Å²) in [6.07, 6.45) is 1.99. The van der Waals surface area contributed by atoms with Gasteiger partial charge in [-0.1, -0.05) is 23.2 Å². The van der Waals surface area contributed by atoms with Crippen LogP contribution in [0.3, 0.4) is 0 Å². The Labute approximate surface area is 136 Å². The molecular weight excluding hydrogens is 327 g/mol. The molecular formula is C14H12Cl2N4O2. The van der Waals surface area contributed by atoms with Crippen molar-refractivity contribution in [3.8, 4) is 0 Å². The maximum absolute atomic E-state index is 12.4. The summed E-state index contributed by atoms with van der Waals surface area (Å²) in [6, 6.07) is 5.92. The Hall–Kier alpha value is -2.05. The summed E-state index contributed by atoms with van der Waals surface area (Å²) >= 11 is 12.0. The third-order valence-corrected chi connectivity index (χ3v) is 3.99. The van der Waals surface area contributed by atoms with Crippen molar-refractivity contribution in [3.63, 3.8) is 0 Å². The zero-order valence-corrected chi connectivity index (χ0v) is 12.9. The molecule has 22 heavy (non-hydrogen) atoms. The fraction of sp³-hybridized carbons (Fsp3) is 0.214. The number of aromatic amines is 1. The van der Waals surface area contributed by atoms with Gasteiger partial charge in [0.1, 0.15) is 11.7 Å². The van der Waals surface area contributed by atoms with Crippen molar-refractivity contribution in [2.24, 2.45) is 0 Å². The summed E-state index contributed by atoms with van der Waals surface area (Å²) in [5.74, 6) is -0.558.